The molecule has 11 heteroatoms. The molecule has 1 aliphatic heterocycles. The molecule has 1 heterocycles. The molecular formula is C23H44O11. The van der Waals surface area contributed by atoms with Crippen molar-refractivity contribution in [3.05, 3.63) is 0 Å². The highest BCUT2D eigenvalue weighted by molar-refractivity contribution is 5.69. The molecule has 1 unspecified atom stereocenters. The molecule has 0 spiro atoms. The van der Waals surface area contributed by atoms with Crippen LogP contribution in [-0.4, -0.2) is 125 Å². The van der Waals surface area contributed by atoms with Gasteiger partial charge in [-0.05, 0) is 19.3 Å². The van der Waals surface area contributed by atoms with E-state index in [1.165, 1.54) is 13.5 Å². The summed E-state index contributed by atoms with van der Waals surface area (Å²) in [6.07, 6.45) is 3.45. The van der Waals surface area contributed by atoms with E-state index in [0.717, 1.165) is 19.4 Å². The van der Waals surface area contributed by atoms with E-state index in [0.29, 0.717) is 99.1 Å². The molecule has 1 atom stereocenters. The van der Waals surface area contributed by atoms with Crippen LogP contribution < -0.4 is 0 Å². The van der Waals surface area contributed by atoms with Crippen LogP contribution in [0.25, 0.3) is 0 Å². The first-order valence-corrected chi connectivity index (χ1v) is 12.2. The molecule has 0 aromatic carbocycles. The maximum atomic E-state index is 10.9. The summed E-state index contributed by atoms with van der Waals surface area (Å²) in [5.74, 6) is -0.281. The van der Waals surface area contributed by atoms with Gasteiger partial charge in [-0.25, -0.2) is 0 Å². The van der Waals surface area contributed by atoms with Gasteiger partial charge in [0, 0.05) is 6.61 Å². The van der Waals surface area contributed by atoms with Crippen LogP contribution in [0.1, 0.15) is 25.7 Å². The van der Waals surface area contributed by atoms with Crippen molar-refractivity contribution in [2.45, 2.75) is 32.0 Å². The SMILES string of the molecule is COC(=O)CCOCCOCCOCCOCCOCCOCCOCCOC1CCCCO1. The molecule has 0 aromatic heterocycles. The number of esters is 1. The molecular weight excluding hydrogens is 452 g/mol. The van der Waals surface area contributed by atoms with Crippen molar-refractivity contribution in [3.8, 4) is 0 Å². The summed E-state index contributed by atoms with van der Waals surface area (Å²) in [5, 5.41) is 0. The Morgan fingerprint density at radius 1 is 0.618 bits per heavy atom. The van der Waals surface area contributed by atoms with Gasteiger partial charge in [-0.15, -0.1) is 0 Å². The summed E-state index contributed by atoms with van der Waals surface area (Å²) in [7, 11) is 1.35. The Balaban J connectivity index is 1.63. The van der Waals surface area contributed by atoms with Crippen LogP contribution in [0.3, 0.4) is 0 Å². The van der Waals surface area contributed by atoms with Gasteiger partial charge < -0.3 is 47.4 Å². The Hall–Kier alpha value is -0.890. The predicted octanol–water partition coefficient (Wildman–Crippen LogP) is 1.21. The number of ether oxygens (including phenoxy) is 10. The number of carbonyl (C=O) groups excluding carboxylic acids is 1. The quantitative estimate of drug-likeness (QED) is 0.134. The number of rotatable bonds is 25. The molecule has 0 bridgehead atoms. The second-order valence-corrected chi connectivity index (χ2v) is 7.28. The Kier molecular flexibility index (Phi) is 23.1. The van der Waals surface area contributed by atoms with E-state index >= 15 is 0 Å². The Bertz CT molecular complexity index is 433. The monoisotopic (exact) mass is 496 g/mol. The number of carbonyl (C=O) groups is 1. The van der Waals surface area contributed by atoms with Gasteiger partial charge in [0.25, 0.3) is 0 Å². The Labute approximate surface area is 203 Å². The molecule has 0 N–H and O–H groups in total. The molecule has 0 saturated carbocycles. The molecule has 34 heavy (non-hydrogen) atoms. The third-order valence-electron chi connectivity index (χ3n) is 4.58. The van der Waals surface area contributed by atoms with Crippen molar-refractivity contribution in [3.63, 3.8) is 0 Å². The highest BCUT2D eigenvalue weighted by Crippen LogP contribution is 2.13. The minimum absolute atomic E-state index is 0.0642. The van der Waals surface area contributed by atoms with Crippen LogP contribution in [-0.2, 0) is 52.2 Å². The molecule has 11 nitrogen and oxygen atoms in total. The van der Waals surface area contributed by atoms with E-state index in [4.69, 9.17) is 42.6 Å². The topological polar surface area (TPSA) is 109 Å². The first kappa shape index (κ1) is 31.1. The number of hydrogen-bond acceptors (Lipinski definition) is 11. The van der Waals surface area contributed by atoms with E-state index in [1.807, 2.05) is 0 Å². The average molecular weight is 497 g/mol. The van der Waals surface area contributed by atoms with Crippen molar-refractivity contribution in [2.75, 3.05) is 113 Å². The van der Waals surface area contributed by atoms with Gasteiger partial charge in [0.05, 0.1) is 113 Å². The Morgan fingerprint density at radius 3 is 1.41 bits per heavy atom. The lowest BCUT2D eigenvalue weighted by Crippen LogP contribution is -2.24. The summed E-state index contributed by atoms with van der Waals surface area (Å²) in [5.41, 5.74) is 0. The van der Waals surface area contributed by atoms with Crippen molar-refractivity contribution < 1.29 is 52.2 Å². The zero-order valence-electron chi connectivity index (χ0n) is 20.7. The van der Waals surface area contributed by atoms with Crippen LogP contribution in [0, 0.1) is 0 Å². The second-order valence-electron chi connectivity index (χ2n) is 7.28. The van der Waals surface area contributed by atoms with Crippen LogP contribution >= 0.6 is 0 Å². The summed E-state index contributed by atoms with van der Waals surface area (Å²) in [6, 6.07) is 0. The maximum absolute atomic E-state index is 10.9. The molecule has 202 valence electrons. The van der Waals surface area contributed by atoms with Gasteiger partial charge in [0.15, 0.2) is 6.29 Å². The zero-order chi connectivity index (χ0) is 24.4. The van der Waals surface area contributed by atoms with Crippen molar-refractivity contribution in [2.24, 2.45) is 0 Å². The van der Waals surface area contributed by atoms with Gasteiger partial charge in [-0.1, -0.05) is 0 Å². The molecule has 0 aliphatic carbocycles. The number of methoxy groups -OCH3 is 1. The largest absolute Gasteiger partial charge is 0.469 e. The summed E-state index contributed by atoms with van der Waals surface area (Å²) in [4.78, 5) is 10.9. The Morgan fingerprint density at radius 2 is 1.03 bits per heavy atom. The fourth-order valence-electron chi connectivity index (χ4n) is 2.76. The highest BCUT2D eigenvalue weighted by Gasteiger charge is 2.13. The van der Waals surface area contributed by atoms with Gasteiger partial charge in [0.2, 0.25) is 0 Å². The first-order chi connectivity index (χ1) is 16.8. The molecule has 1 aliphatic rings. The lowest BCUT2D eigenvalue weighted by molar-refractivity contribution is -0.169. The first-order valence-electron chi connectivity index (χ1n) is 12.2. The third kappa shape index (κ3) is 21.6. The summed E-state index contributed by atoms with van der Waals surface area (Å²) >= 11 is 0. The minimum atomic E-state index is -0.281. The fourth-order valence-corrected chi connectivity index (χ4v) is 2.76. The van der Waals surface area contributed by atoms with Crippen molar-refractivity contribution in [1.29, 1.82) is 0 Å². The highest BCUT2D eigenvalue weighted by atomic mass is 16.7. The predicted molar refractivity (Wildman–Crippen MR) is 122 cm³/mol. The zero-order valence-corrected chi connectivity index (χ0v) is 20.7. The van der Waals surface area contributed by atoms with E-state index in [-0.39, 0.29) is 18.7 Å². The van der Waals surface area contributed by atoms with E-state index < -0.39 is 0 Å². The van der Waals surface area contributed by atoms with E-state index in [2.05, 4.69) is 4.74 Å². The fraction of sp³-hybridized carbons (Fsp3) is 0.957. The second kappa shape index (κ2) is 25.2. The van der Waals surface area contributed by atoms with Gasteiger partial charge in [0.1, 0.15) is 0 Å². The molecule has 0 radical (unpaired) electrons. The van der Waals surface area contributed by atoms with Gasteiger partial charge in [-0.3, -0.25) is 4.79 Å². The molecule has 1 rings (SSSR count). The summed E-state index contributed by atoms with van der Waals surface area (Å²) < 4.78 is 53.4. The molecule has 0 amide bonds. The van der Waals surface area contributed by atoms with Gasteiger partial charge in [-0.2, -0.15) is 0 Å². The molecule has 1 fully saturated rings. The minimum Gasteiger partial charge on any atom is -0.469 e. The van der Waals surface area contributed by atoms with E-state index in [1.54, 1.807) is 0 Å². The molecule has 0 aromatic rings. The van der Waals surface area contributed by atoms with Crippen molar-refractivity contribution >= 4 is 5.97 Å². The van der Waals surface area contributed by atoms with Crippen LogP contribution in [0.4, 0.5) is 0 Å². The van der Waals surface area contributed by atoms with E-state index in [9.17, 15) is 4.79 Å². The van der Waals surface area contributed by atoms with Crippen LogP contribution in [0.5, 0.6) is 0 Å². The van der Waals surface area contributed by atoms with Gasteiger partial charge >= 0.3 is 5.97 Å². The normalized spacial score (nSPS) is 16.1. The van der Waals surface area contributed by atoms with Crippen molar-refractivity contribution in [1.82, 2.24) is 0 Å². The van der Waals surface area contributed by atoms with Crippen LogP contribution in [0.2, 0.25) is 0 Å². The van der Waals surface area contributed by atoms with Crippen LogP contribution in [0.15, 0.2) is 0 Å². The maximum Gasteiger partial charge on any atom is 0.307 e. The smallest absolute Gasteiger partial charge is 0.307 e. The third-order valence-corrected chi connectivity index (χ3v) is 4.58. The number of hydrogen-bond donors (Lipinski definition) is 0. The molecule has 1 saturated heterocycles. The summed E-state index contributed by atoms with van der Waals surface area (Å²) in [6.45, 7) is 8.22. The average Bonchev–Trinajstić information content (AvgIpc) is 2.87. The lowest BCUT2D eigenvalue weighted by Gasteiger charge is -2.22. The standard InChI is InChI=1S/C23H44O11/c1-25-22(24)5-7-26-8-9-27-10-11-28-12-13-29-14-15-30-16-17-31-18-19-32-20-21-34-23-4-2-3-6-33-23/h23H,2-21H2,1H3. The lowest BCUT2D eigenvalue weighted by atomic mass is 10.2.